The number of carbonyl (C=O) groups is 3. The fourth-order valence-electron chi connectivity index (χ4n) is 15.9. The van der Waals surface area contributed by atoms with Crippen molar-refractivity contribution < 1.29 is 106 Å². The van der Waals surface area contributed by atoms with Gasteiger partial charge in [0.25, 0.3) is 0 Å². The van der Waals surface area contributed by atoms with Crippen molar-refractivity contribution in [3.8, 4) is 72.9 Å². The van der Waals surface area contributed by atoms with E-state index >= 15 is 0 Å². The van der Waals surface area contributed by atoms with Crippen LogP contribution in [0.3, 0.4) is 0 Å². The van der Waals surface area contributed by atoms with E-state index in [1.54, 1.807) is 152 Å². The van der Waals surface area contributed by atoms with E-state index in [0.29, 0.717) is 98.8 Å². The van der Waals surface area contributed by atoms with Crippen molar-refractivity contribution in [3.63, 3.8) is 0 Å². The van der Waals surface area contributed by atoms with E-state index in [0.717, 1.165) is 97.9 Å². The second-order valence-electron chi connectivity index (χ2n) is 35.0. The number of carbonyl (C=O) groups excluding carboxylic acids is 2. The van der Waals surface area contributed by atoms with Gasteiger partial charge in [-0.1, -0.05) is 54.6 Å². The predicted octanol–water partition coefficient (Wildman–Crippen LogP) is 21.7. The summed E-state index contributed by atoms with van der Waals surface area (Å²) >= 11 is 0. The Labute approximate surface area is 724 Å². The van der Waals surface area contributed by atoms with Gasteiger partial charge < -0.3 is 52.3 Å². The monoisotopic (exact) mass is 1740 g/mol. The number of aromatic nitrogens is 6. The standard InChI is InChI=1S/C30H29F3N2O4.C29H27F3N2O4.C24H27F3O4.C13H17BN2O2/c1-29(2,3)39-27(28(36)37-4)26-22(30(31,32)33)12-11-20(21-17-34-35-14-6-5-9-23(21)35)25(26)19-10-13-24-18(16-19)8-7-15-38-24;1-28(2,3)38-26(27(35)36)25-21(29(30,31)32)11-10-19(20-16-33-34-13-5-4-8-22(20)34)24(25)18-9-12-23-17(15-18)7-6-14-37-23;1-14-8-10-17(24(25,26)27)20(21(22(28)29-5)31-23(2,3)4)19(14)16-9-11-18-15(13-16)7-6-12-30-18;1-12(2)13(3,4)18-14(17-12)10-9-15-16-8-6-5-7-11(10)16/h5-6,9-14,16-17,27H,7-8,15H2,1-4H3;4-5,8-13,15-16,26H,6-7,14H2,1-3H3,(H,35,36);8-11,13,21H,6-7,12H2,1-5H3;5-9H,1-4H3. The SMILES string of the molecule is CC(C)(C)OC(C(=O)O)c1c(C(F)(F)F)ccc(-c2cnn3ccccc23)c1-c1ccc2c(c1)CCCO2.CC1(C)OB(c2cnn3ccccc23)OC1(C)C.COC(=O)C(OC(C)(C)C)c1c(C(F)(F)F)ccc(-c2cnn3ccccc23)c1-c1ccc2c(c1)CCCO2.COC(=O)C(OC(C)(C)C)c1c(C(F)(F)F)ccc(C)c1-c1ccc2c(c1)CCCO2. The van der Waals surface area contributed by atoms with Gasteiger partial charge in [-0.2, -0.15) is 54.8 Å². The van der Waals surface area contributed by atoms with Crippen molar-refractivity contribution in [1.29, 1.82) is 0 Å². The molecule has 12 aromatic rings. The summed E-state index contributed by atoms with van der Waals surface area (Å²) in [5, 5.41) is 23.3. The first kappa shape index (κ1) is 92.1. The Morgan fingerprint density at radius 3 is 1.13 bits per heavy atom. The third kappa shape index (κ3) is 20.1. The Hall–Kier alpha value is -11.6. The molecule has 1 fully saturated rings. The Morgan fingerprint density at radius 1 is 0.429 bits per heavy atom. The number of rotatable bonds is 15. The average Bonchev–Trinajstić information content (AvgIpc) is 1.22. The number of fused-ring (bicyclic) bond motifs is 6. The molecule has 1 saturated heterocycles. The van der Waals surface area contributed by atoms with E-state index in [1.807, 2.05) is 77.6 Å². The van der Waals surface area contributed by atoms with Crippen LogP contribution in [0.5, 0.6) is 17.2 Å². The molecule has 4 aliphatic heterocycles. The van der Waals surface area contributed by atoms with Crippen molar-refractivity contribution >= 4 is 47.0 Å². The molecule has 16 rings (SSSR count). The summed E-state index contributed by atoms with van der Waals surface area (Å²) < 4.78 is 192. The fourth-order valence-corrected chi connectivity index (χ4v) is 15.9. The average molecular weight is 1740 g/mol. The molecule has 30 heteroatoms. The van der Waals surface area contributed by atoms with Gasteiger partial charge in [-0.05, 0) is 293 Å². The molecule has 0 radical (unpaired) electrons. The number of alkyl halides is 9. The lowest BCUT2D eigenvalue weighted by molar-refractivity contribution is -0.167. The van der Waals surface area contributed by atoms with Gasteiger partial charge in [0.15, 0.2) is 18.3 Å². The number of carboxylic acids is 1. The molecule has 126 heavy (non-hydrogen) atoms. The number of esters is 2. The van der Waals surface area contributed by atoms with Crippen molar-refractivity contribution in [3.05, 3.63) is 238 Å². The van der Waals surface area contributed by atoms with Gasteiger partial charge >= 0.3 is 43.6 Å². The van der Waals surface area contributed by atoms with Crippen molar-refractivity contribution in [1.82, 2.24) is 28.8 Å². The zero-order valence-electron chi connectivity index (χ0n) is 72.8. The van der Waals surface area contributed by atoms with Gasteiger partial charge in [0.2, 0.25) is 0 Å². The van der Waals surface area contributed by atoms with Crippen LogP contribution in [-0.2, 0) is 85.2 Å². The molecule has 0 bridgehead atoms. The quantitative estimate of drug-likeness (QED) is 0.0573. The lowest BCUT2D eigenvalue weighted by Crippen LogP contribution is -2.41. The van der Waals surface area contributed by atoms with Crippen LogP contribution < -0.4 is 19.7 Å². The molecular weight excluding hydrogens is 1640 g/mol. The molecule has 0 saturated carbocycles. The van der Waals surface area contributed by atoms with Gasteiger partial charge in [0.1, 0.15) is 17.2 Å². The van der Waals surface area contributed by atoms with Crippen molar-refractivity contribution in [2.45, 2.75) is 200 Å². The highest BCUT2D eigenvalue weighted by molar-refractivity contribution is 6.64. The molecule has 3 unspecified atom stereocenters. The van der Waals surface area contributed by atoms with Crippen LogP contribution in [0, 0.1) is 6.92 Å². The third-order valence-corrected chi connectivity index (χ3v) is 22.1. The molecule has 664 valence electrons. The summed E-state index contributed by atoms with van der Waals surface area (Å²) in [6.45, 7) is 26.6. The number of pyridine rings is 3. The lowest BCUT2D eigenvalue weighted by atomic mass is 9.80. The Kier molecular flexibility index (Phi) is 26.4. The largest absolute Gasteiger partial charge is 0.498 e. The lowest BCUT2D eigenvalue weighted by Gasteiger charge is -2.32. The van der Waals surface area contributed by atoms with Gasteiger partial charge in [-0.15, -0.1) is 0 Å². The number of nitrogens with zero attached hydrogens (tertiary/aromatic N) is 6. The van der Waals surface area contributed by atoms with Crippen LogP contribution in [0.4, 0.5) is 39.5 Å². The van der Waals surface area contributed by atoms with Crippen molar-refractivity contribution in [2.24, 2.45) is 0 Å². The summed E-state index contributed by atoms with van der Waals surface area (Å²) in [7, 11) is 1.93. The molecule has 6 aromatic carbocycles. The topological polar surface area (TPSA) is 216 Å². The smallest absolute Gasteiger partial charge is 0.493 e. The molecule has 0 aliphatic carbocycles. The normalized spacial score (nSPS) is 15.7. The molecule has 10 heterocycles. The second kappa shape index (κ2) is 36.1. The number of carboxylic acid groups (broad SMARTS) is 1. The Bertz CT molecular complexity index is 6020. The zero-order valence-corrected chi connectivity index (χ0v) is 72.8. The maximum absolute atomic E-state index is 14.7. The highest BCUT2D eigenvalue weighted by atomic mass is 19.4. The van der Waals surface area contributed by atoms with Gasteiger partial charge in [0.05, 0.1) is 108 Å². The van der Waals surface area contributed by atoms with E-state index in [-0.39, 0.29) is 40.6 Å². The second-order valence-corrected chi connectivity index (χ2v) is 35.0. The first-order valence-electron chi connectivity index (χ1n) is 41.3. The third-order valence-electron chi connectivity index (χ3n) is 22.1. The molecular formula is C96H100BF9N6O14. The number of methoxy groups -OCH3 is 2. The molecule has 0 amide bonds. The van der Waals surface area contributed by atoms with Gasteiger partial charge in [0, 0.05) is 58.1 Å². The van der Waals surface area contributed by atoms with E-state index in [4.69, 9.17) is 47.2 Å². The summed E-state index contributed by atoms with van der Waals surface area (Å²) in [6, 6.07) is 39.9. The first-order valence-corrected chi connectivity index (χ1v) is 41.3. The number of aliphatic carboxylic acids is 1. The van der Waals surface area contributed by atoms with Crippen LogP contribution in [0.1, 0.15) is 183 Å². The molecule has 3 atom stereocenters. The van der Waals surface area contributed by atoms with E-state index in [1.165, 1.54) is 18.2 Å². The predicted molar refractivity (Wildman–Crippen MR) is 459 cm³/mol. The van der Waals surface area contributed by atoms with E-state index < -0.39 is 93.8 Å². The first-order chi connectivity index (χ1) is 59.2. The van der Waals surface area contributed by atoms with Crippen LogP contribution in [0.25, 0.3) is 72.2 Å². The summed E-state index contributed by atoms with van der Waals surface area (Å²) in [4.78, 5) is 38.4. The van der Waals surface area contributed by atoms with E-state index in [9.17, 15) is 59.0 Å². The highest BCUT2D eigenvalue weighted by Crippen LogP contribution is 2.52. The maximum atomic E-state index is 14.7. The van der Waals surface area contributed by atoms with Crippen LogP contribution in [0.2, 0.25) is 0 Å². The van der Waals surface area contributed by atoms with Crippen LogP contribution >= 0.6 is 0 Å². The molecule has 0 spiro atoms. The minimum Gasteiger partial charge on any atom is -0.493 e. The molecule has 4 aliphatic rings. The molecule has 6 aromatic heterocycles. The Balaban J connectivity index is 0.000000148. The molecule has 20 nitrogen and oxygen atoms in total. The number of halogens is 9. The minimum atomic E-state index is -4.82. The van der Waals surface area contributed by atoms with Gasteiger partial charge in [-0.3, -0.25) is 0 Å². The van der Waals surface area contributed by atoms with Crippen molar-refractivity contribution in [2.75, 3.05) is 34.0 Å². The minimum absolute atomic E-state index is 0.142. The van der Waals surface area contributed by atoms with Gasteiger partial charge in [-0.25, -0.2) is 27.9 Å². The number of aryl methyl sites for hydroxylation is 4. The summed E-state index contributed by atoms with van der Waals surface area (Å²) in [6.07, 6.45) is -4.29. The number of hydrogen-bond acceptors (Lipinski definition) is 16. The van der Waals surface area contributed by atoms with E-state index in [2.05, 4.69) is 43.0 Å². The molecule has 1 N–H and O–H groups in total. The maximum Gasteiger partial charge on any atom is 0.498 e. The van der Waals surface area contributed by atoms with Crippen LogP contribution in [0.15, 0.2) is 183 Å². The number of hydrogen-bond donors (Lipinski definition) is 1. The number of benzene rings is 6. The summed E-state index contributed by atoms with van der Waals surface area (Å²) in [5.74, 6) is -1.21. The highest BCUT2D eigenvalue weighted by Gasteiger charge is 2.53. The van der Waals surface area contributed by atoms with Crippen LogP contribution in [-0.4, -0.2) is 121 Å². The Morgan fingerprint density at radius 2 is 0.762 bits per heavy atom. The fraction of sp³-hybridized carbons (Fsp3) is 0.375. The summed E-state index contributed by atoms with van der Waals surface area (Å²) in [5.41, 5.74) is 3.58. The number of ether oxygens (including phenoxy) is 8. The zero-order chi connectivity index (χ0) is 91.1.